The molecule has 2 heterocycles. The summed E-state index contributed by atoms with van der Waals surface area (Å²) in [6.07, 6.45) is 4.20. The minimum atomic E-state index is -0.0877. The topological polar surface area (TPSA) is 52.7 Å². The van der Waals surface area contributed by atoms with E-state index in [0.717, 1.165) is 59.6 Å². The Hall–Kier alpha value is -2.57. The van der Waals surface area contributed by atoms with Gasteiger partial charge >= 0.3 is 0 Å². The van der Waals surface area contributed by atoms with Crippen molar-refractivity contribution in [3.8, 4) is 0 Å². The molecule has 1 fully saturated rings. The van der Waals surface area contributed by atoms with Crippen molar-refractivity contribution >= 4 is 35.3 Å². The molecule has 4 rings (SSSR count). The number of benzene rings is 2. The van der Waals surface area contributed by atoms with Gasteiger partial charge in [0.05, 0.1) is 10.6 Å². The molecule has 180 valence electrons. The molecule has 2 aromatic rings. The van der Waals surface area contributed by atoms with Crippen molar-refractivity contribution in [3.05, 3.63) is 64.1 Å². The van der Waals surface area contributed by atoms with Crippen molar-refractivity contribution in [1.82, 2.24) is 10.2 Å². The highest BCUT2D eigenvalue weighted by Crippen LogP contribution is 2.42. The van der Waals surface area contributed by atoms with E-state index in [2.05, 4.69) is 24.1 Å². The van der Waals surface area contributed by atoms with E-state index in [4.69, 9.17) is 0 Å². The minimum absolute atomic E-state index is 0.0525. The quantitative estimate of drug-likeness (QED) is 0.459. The highest BCUT2D eigenvalue weighted by molar-refractivity contribution is 8.04. The van der Waals surface area contributed by atoms with Crippen LogP contribution in [0, 0.1) is 18.8 Å². The molecule has 1 N–H and O–H groups in total. The van der Waals surface area contributed by atoms with E-state index in [1.54, 1.807) is 11.9 Å². The lowest BCUT2D eigenvalue weighted by Crippen LogP contribution is -2.40. The molecule has 0 spiro atoms. The first-order chi connectivity index (χ1) is 16.3. The zero-order valence-electron chi connectivity index (χ0n) is 20.6. The summed E-state index contributed by atoms with van der Waals surface area (Å²) in [5.41, 5.74) is 3.54. The molecule has 0 unspecified atom stereocenters. The van der Waals surface area contributed by atoms with Crippen LogP contribution in [0.15, 0.2) is 52.3 Å². The number of nitrogens with zero attached hydrogens (tertiary/aromatic N) is 2. The Morgan fingerprint density at radius 1 is 1.15 bits per heavy atom. The van der Waals surface area contributed by atoms with Gasteiger partial charge in [-0.1, -0.05) is 49.9 Å². The van der Waals surface area contributed by atoms with Crippen LogP contribution in [0.1, 0.15) is 48.2 Å². The van der Waals surface area contributed by atoms with Gasteiger partial charge in [-0.05, 0) is 73.5 Å². The van der Waals surface area contributed by atoms with Gasteiger partial charge in [0.2, 0.25) is 0 Å². The van der Waals surface area contributed by atoms with E-state index in [-0.39, 0.29) is 11.8 Å². The number of fused-ring (bicyclic) bond motifs is 1. The summed E-state index contributed by atoms with van der Waals surface area (Å²) in [6.45, 7) is 10.7. The molecule has 2 aromatic carbocycles. The maximum absolute atomic E-state index is 13.0. The fraction of sp³-hybridized carbons (Fsp3) is 0.429. The summed E-state index contributed by atoms with van der Waals surface area (Å²) in [7, 11) is 1.77. The fourth-order valence-electron chi connectivity index (χ4n) is 5.01. The molecular formula is C28H35N3O2S. The lowest BCUT2D eigenvalue weighted by molar-refractivity contribution is -0.114. The molecule has 2 atom stereocenters. The summed E-state index contributed by atoms with van der Waals surface area (Å²) in [5.74, 6) is 1.36. The highest BCUT2D eigenvalue weighted by Gasteiger charge is 2.27. The Bertz CT molecular complexity index is 1090. The Morgan fingerprint density at radius 3 is 2.62 bits per heavy atom. The molecule has 0 aromatic heterocycles. The third-order valence-corrected chi connectivity index (χ3v) is 7.75. The van der Waals surface area contributed by atoms with Crippen molar-refractivity contribution < 1.29 is 9.59 Å². The number of nitrogens with one attached hydrogen (secondary N) is 1. The molecule has 2 amide bonds. The van der Waals surface area contributed by atoms with Crippen molar-refractivity contribution in [2.75, 3.05) is 38.1 Å². The number of hydrogen-bond donors (Lipinski definition) is 1. The molecular weight excluding hydrogens is 442 g/mol. The summed E-state index contributed by atoms with van der Waals surface area (Å²) < 4.78 is 0. The van der Waals surface area contributed by atoms with E-state index >= 15 is 0 Å². The van der Waals surface area contributed by atoms with E-state index < -0.39 is 0 Å². The van der Waals surface area contributed by atoms with Gasteiger partial charge in [0.25, 0.3) is 11.8 Å². The molecule has 6 heteroatoms. The molecule has 0 aliphatic carbocycles. The number of amides is 2. The lowest BCUT2D eigenvalue weighted by Gasteiger charge is -2.34. The van der Waals surface area contributed by atoms with Crippen LogP contribution >= 0.6 is 11.8 Å². The molecule has 2 aliphatic heterocycles. The van der Waals surface area contributed by atoms with Crippen LogP contribution in [-0.4, -0.2) is 49.9 Å². The Kier molecular flexibility index (Phi) is 7.79. The number of likely N-dealkylation sites (N-methyl/N-ethyl adjacent to an activating group) is 1. The van der Waals surface area contributed by atoms with Gasteiger partial charge in [-0.3, -0.25) is 9.59 Å². The van der Waals surface area contributed by atoms with Crippen molar-refractivity contribution in [1.29, 1.82) is 0 Å². The minimum Gasteiger partial charge on any atom is -0.352 e. The predicted octanol–water partition coefficient (Wildman–Crippen LogP) is 5.20. The molecule has 0 saturated carbocycles. The number of rotatable bonds is 6. The first-order valence-corrected chi connectivity index (χ1v) is 13.0. The van der Waals surface area contributed by atoms with Crippen LogP contribution < -0.4 is 10.2 Å². The van der Waals surface area contributed by atoms with Crippen LogP contribution in [0.25, 0.3) is 6.08 Å². The Balaban J connectivity index is 1.37. The van der Waals surface area contributed by atoms with Gasteiger partial charge in [-0.2, -0.15) is 0 Å². The second kappa shape index (κ2) is 10.8. The summed E-state index contributed by atoms with van der Waals surface area (Å²) >= 11 is 1.46. The molecule has 1 saturated heterocycles. The summed E-state index contributed by atoms with van der Waals surface area (Å²) in [4.78, 5) is 31.6. The molecule has 0 radical (unpaired) electrons. The number of hydrogen-bond acceptors (Lipinski definition) is 4. The largest absolute Gasteiger partial charge is 0.352 e. The van der Waals surface area contributed by atoms with Crippen molar-refractivity contribution in [2.45, 2.75) is 38.5 Å². The standard InChI is InChI=1S/C28H35N3O2S/c1-19-14-20(2)18-31(17-19)13-7-12-29-27(32)23-10-11-25-24(15-23)30(4)28(33)26(34-25)16-22-9-6-5-8-21(22)3/h5-6,8-11,15-16,19-20H,7,12-14,17-18H2,1-4H3,(H,29,32)/b26-16-/t19-,20+. The number of aryl methyl sites for hydroxylation is 1. The van der Waals surface area contributed by atoms with Crippen LogP contribution in [0.5, 0.6) is 0 Å². The van der Waals surface area contributed by atoms with Gasteiger partial charge in [0, 0.05) is 37.1 Å². The number of thioether (sulfide) groups is 1. The second-order valence-corrected chi connectivity index (χ2v) is 10.9. The SMILES string of the molecule is Cc1ccccc1/C=C1\Sc2ccc(C(=O)NCCCN3C[C@H](C)C[C@H](C)C3)cc2N(C)C1=O. The van der Waals surface area contributed by atoms with Gasteiger partial charge in [0.15, 0.2) is 0 Å². The number of piperidine rings is 1. The van der Waals surface area contributed by atoms with Crippen LogP contribution in [-0.2, 0) is 4.79 Å². The molecule has 2 aliphatic rings. The van der Waals surface area contributed by atoms with Crippen LogP contribution in [0.2, 0.25) is 0 Å². The fourth-order valence-corrected chi connectivity index (χ4v) is 6.09. The van der Waals surface area contributed by atoms with Crippen LogP contribution in [0.3, 0.4) is 0 Å². The van der Waals surface area contributed by atoms with E-state index in [9.17, 15) is 9.59 Å². The normalized spacial score (nSPS) is 22.1. The zero-order valence-corrected chi connectivity index (χ0v) is 21.5. The monoisotopic (exact) mass is 477 g/mol. The Morgan fingerprint density at radius 2 is 1.88 bits per heavy atom. The van der Waals surface area contributed by atoms with Gasteiger partial charge in [0.1, 0.15) is 0 Å². The molecule has 0 bridgehead atoms. The van der Waals surface area contributed by atoms with E-state index in [0.29, 0.717) is 17.0 Å². The third-order valence-electron chi connectivity index (χ3n) is 6.67. The summed E-state index contributed by atoms with van der Waals surface area (Å²) in [5, 5.41) is 3.05. The number of anilines is 1. The predicted molar refractivity (Wildman–Crippen MR) is 141 cm³/mol. The van der Waals surface area contributed by atoms with Crippen molar-refractivity contribution in [2.24, 2.45) is 11.8 Å². The average Bonchev–Trinajstić information content (AvgIpc) is 2.80. The van der Waals surface area contributed by atoms with Gasteiger partial charge < -0.3 is 15.1 Å². The highest BCUT2D eigenvalue weighted by atomic mass is 32.2. The van der Waals surface area contributed by atoms with Gasteiger partial charge in [-0.25, -0.2) is 0 Å². The average molecular weight is 478 g/mol. The smallest absolute Gasteiger partial charge is 0.264 e. The van der Waals surface area contributed by atoms with Crippen molar-refractivity contribution in [3.63, 3.8) is 0 Å². The van der Waals surface area contributed by atoms with E-state index in [1.807, 2.05) is 55.5 Å². The number of carbonyl (C=O) groups excluding carboxylic acids is 2. The maximum Gasteiger partial charge on any atom is 0.264 e. The lowest BCUT2D eigenvalue weighted by atomic mass is 9.92. The summed E-state index contributed by atoms with van der Waals surface area (Å²) in [6, 6.07) is 13.7. The molecule has 34 heavy (non-hydrogen) atoms. The number of likely N-dealkylation sites (tertiary alicyclic amines) is 1. The third kappa shape index (κ3) is 5.73. The second-order valence-electron chi connectivity index (χ2n) is 9.83. The number of carbonyl (C=O) groups is 2. The maximum atomic E-state index is 13.0. The Labute approximate surface area is 207 Å². The van der Waals surface area contributed by atoms with Gasteiger partial charge in [-0.15, -0.1) is 0 Å². The van der Waals surface area contributed by atoms with Crippen LogP contribution in [0.4, 0.5) is 5.69 Å². The zero-order chi connectivity index (χ0) is 24.2. The first kappa shape index (κ1) is 24.6. The molecule has 5 nitrogen and oxygen atoms in total. The first-order valence-electron chi connectivity index (χ1n) is 12.2. The van der Waals surface area contributed by atoms with E-state index in [1.165, 1.54) is 18.2 Å².